The normalized spacial score (nSPS) is 20.0. The predicted molar refractivity (Wildman–Crippen MR) is 55.5 cm³/mol. The average Bonchev–Trinajstić information content (AvgIpc) is 2.18. The molecule has 0 spiro atoms. The lowest BCUT2D eigenvalue weighted by Gasteiger charge is -2.34. The van der Waals surface area contributed by atoms with Gasteiger partial charge in [0.2, 0.25) is 5.91 Å². The second-order valence-corrected chi connectivity index (χ2v) is 4.04. The van der Waals surface area contributed by atoms with Gasteiger partial charge in [-0.15, -0.1) is 0 Å². The van der Waals surface area contributed by atoms with Crippen molar-refractivity contribution in [2.24, 2.45) is 5.84 Å². The number of carbonyl (C=O) groups excluding carboxylic acids is 1. The largest absolute Gasteiger partial charge is 0.306 e. The molecule has 0 unspecified atom stereocenters. The fourth-order valence-corrected chi connectivity index (χ4v) is 1.84. The number of hydrogen-bond acceptors (Lipinski definition) is 4. The Bertz CT molecular complexity index is 187. The lowest BCUT2D eigenvalue weighted by Crippen LogP contribution is -2.46. The van der Waals surface area contributed by atoms with Crippen molar-refractivity contribution in [3.05, 3.63) is 0 Å². The van der Waals surface area contributed by atoms with Gasteiger partial charge in [-0.05, 0) is 26.9 Å². The van der Waals surface area contributed by atoms with E-state index in [1.54, 1.807) is 0 Å². The van der Waals surface area contributed by atoms with Gasteiger partial charge in [-0.3, -0.25) is 15.1 Å². The second-order valence-electron chi connectivity index (χ2n) is 4.04. The molecule has 3 N–H and O–H groups in total. The average molecular weight is 200 g/mol. The SMILES string of the molecule is CN(C)C1CCN(CC(=O)NN)CC1. The summed E-state index contributed by atoms with van der Waals surface area (Å²) in [6.45, 7) is 2.39. The number of hydrazine groups is 1. The molecule has 1 amide bonds. The highest BCUT2D eigenvalue weighted by Crippen LogP contribution is 2.13. The first-order chi connectivity index (χ1) is 6.63. The Morgan fingerprint density at radius 2 is 2.07 bits per heavy atom. The van der Waals surface area contributed by atoms with Gasteiger partial charge < -0.3 is 4.90 Å². The van der Waals surface area contributed by atoms with Gasteiger partial charge in [-0.25, -0.2) is 5.84 Å². The minimum Gasteiger partial charge on any atom is -0.306 e. The third-order valence-corrected chi connectivity index (χ3v) is 2.82. The van der Waals surface area contributed by atoms with Crippen molar-refractivity contribution in [3.8, 4) is 0 Å². The van der Waals surface area contributed by atoms with E-state index in [2.05, 4.69) is 29.3 Å². The summed E-state index contributed by atoms with van der Waals surface area (Å²) in [5, 5.41) is 0. The van der Waals surface area contributed by atoms with Gasteiger partial charge in [-0.1, -0.05) is 0 Å². The first-order valence-electron chi connectivity index (χ1n) is 5.01. The van der Waals surface area contributed by atoms with Crippen LogP contribution < -0.4 is 11.3 Å². The highest BCUT2D eigenvalue weighted by atomic mass is 16.2. The van der Waals surface area contributed by atoms with Crippen LogP contribution in [-0.2, 0) is 4.79 Å². The van der Waals surface area contributed by atoms with Crippen LogP contribution in [0.3, 0.4) is 0 Å². The maximum absolute atomic E-state index is 11.0. The maximum Gasteiger partial charge on any atom is 0.248 e. The van der Waals surface area contributed by atoms with Crippen LogP contribution in [-0.4, -0.2) is 55.5 Å². The van der Waals surface area contributed by atoms with E-state index in [1.807, 2.05) is 0 Å². The summed E-state index contributed by atoms with van der Waals surface area (Å²) in [6, 6.07) is 0.659. The molecule has 0 aromatic carbocycles. The first kappa shape index (κ1) is 11.4. The Morgan fingerprint density at radius 3 is 2.50 bits per heavy atom. The lowest BCUT2D eigenvalue weighted by atomic mass is 10.0. The summed E-state index contributed by atoms with van der Waals surface area (Å²) in [4.78, 5) is 15.4. The van der Waals surface area contributed by atoms with Gasteiger partial charge in [0.1, 0.15) is 0 Å². The zero-order valence-electron chi connectivity index (χ0n) is 8.99. The van der Waals surface area contributed by atoms with Gasteiger partial charge in [0.05, 0.1) is 6.54 Å². The van der Waals surface area contributed by atoms with Gasteiger partial charge in [0.25, 0.3) is 0 Å². The van der Waals surface area contributed by atoms with Crippen molar-refractivity contribution in [2.75, 3.05) is 33.7 Å². The van der Waals surface area contributed by atoms with E-state index in [1.165, 1.54) is 0 Å². The van der Waals surface area contributed by atoms with Crippen LogP contribution >= 0.6 is 0 Å². The molecular formula is C9H20N4O. The topological polar surface area (TPSA) is 61.6 Å². The third-order valence-electron chi connectivity index (χ3n) is 2.82. The molecular weight excluding hydrogens is 180 g/mol. The summed E-state index contributed by atoms with van der Waals surface area (Å²) in [7, 11) is 4.21. The number of carbonyl (C=O) groups is 1. The minimum atomic E-state index is -0.103. The smallest absolute Gasteiger partial charge is 0.248 e. The number of rotatable bonds is 3. The number of nitrogens with one attached hydrogen (secondary N) is 1. The summed E-state index contributed by atoms with van der Waals surface area (Å²) < 4.78 is 0. The number of hydrogen-bond donors (Lipinski definition) is 2. The van der Waals surface area contributed by atoms with Gasteiger partial charge in [0.15, 0.2) is 0 Å². The number of piperidine rings is 1. The van der Waals surface area contributed by atoms with Crippen molar-refractivity contribution in [2.45, 2.75) is 18.9 Å². The molecule has 1 aliphatic heterocycles. The van der Waals surface area contributed by atoms with E-state index < -0.39 is 0 Å². The Labute approximate surface area is 85.2 Å². The van der Waals surface area contributed by atoms with Crippen molar-refractivity contribution in [1.82, 2.24) is 15.2 Å². The zero-order chi connectivity index (χ0) is 10.6. The molecule has 1 rings (SSSR count). The number of likely N-dealkylation sites (tertiary alicyclic amines) is 1. The molecule has 0 radical (unpaired) electrons. The summed E-state index contributed by atoms with van der Waals surface area (Å²) in [6.07, 6.45) is 2.26. The maximum atomic E-state index is 11.0. The molecule has 0 saturated carbocycles. The van der Waals surface area contributed by atoms with Crippen LogP contribution in [0, 0.1) is 0 Å². The summed E-state index contributed by atoms with van der Waals surface area (Å²) >= 11 is 0. The fraction of sp³-hybridized carbons (Fsp3) is 0.889. The molecule has 0 aromatic rings. The molecule has 1 saturated heterocycles. The summed E-state index contributed by atoms with van der Waals surface area (Å²) in [5.74, 6) is 4.93. The van der Waals surface area contributed by atoms with Crippen LogP contribution in [0.2, 0.25) is 0 Å². The van der Waals surface area contributed by atoms with Crippen molar-refractivity contribution >= 4 is 5.91 Å². The Hall–Kier alpha value is -0.650. The minimum absolute atomic E-state index is 0.103. The van der Waals surface area contributed by atoms with Gasteiger partial charge >= 0.3 is 0 Å². The lowest BCUT2D eigenvalue weighted by molar-refractivity contribution is -0.122. The van der Waals surface area contributed by atoms with Crippen LogP contribution in [0.4, 0.5) is 0 Å². The molecule has 0 atom stereocenters. The molecule has 5 heteroatoms. The van der Waals surface area contributed by atoms with Gasteiger partial charge in [-0.2, -0.15) is 0 Å². The molecule has 0 aliphatic carbocycles. The highest BCUT2D eigenvalue weighted by Gasteiger charge is 2.21. The molecule has 14 heavy (non-hydrogen) atoms. The molecule has 0 bridgehead atoms. The molecule has 1 fully saturated rings. The Balaban J connectivity index is 2.25. The van der Waals surface area contributed by atoms with Gasteiger partial charge in [0, 0.05) is 19.1 Å². The van der Waals surface area contributed by atoms with Crippen molar-refractivity contribution in [1.29, 1.82) is 0 Å². The number of amides is 1. The predicted octanol–water partition coefficient (Wildman–Crippen LogP) is -0.998. The molecule has 1 aliphatic rings. The molecule has 5 nitrogen and oxygen atoms in total. The Morgan fingerprint density at radius 1 is 1.50 bits per heavy atom. The number of nitrogens with two attached hydrogens (primary N) is 1. The zero-order valence-corrected chi connectivity index (χ0v) is 8.99. The van der Waals surface area contributed by atoms with E-state index >= 15 is 0 Å². The van der Waals surface area contributed by atoms with E-state index in [-0.39, 0.29) is 5.91 Å². The van der Waals surface area contributed by atoms with E-state index in [0.717, 1.165) is 25.9 Å². The summed E-state index contributed by atoms with van der Waals surface area (Å²) in [5.41, 5.74) is 2.16. The molecule has 1 heterocycles. The van der Waals surface area contributed by atoms with Crippen molar-refractivity contribution in [3.63, 3.8) is 0 Å². The van der Waals surface area contributed by atoms with E-state index in [0.29, 0.717) is 12.6 Å². The highest BCUT2D eigenvalue weighted by molar-refractivity contribution is 5.77. The standard InChI is InChI=1S/C9H20N4O/c1-12(2)8-3-5-13(6-4-8)7-9(14)11-10/h8H,3-7,10H2,1-2H3,(H,11,14). The first-order valence-corrected chi connectivity index (χ1v) is 5.01. The number of nitrogens with zero attached hydrogens (tertiary/aromatic N) is 2. The van der Waals surface area contributed by atoms with E-state index in [9.17, 15) is 4.79 Å². The van der Waals surface area contributed by atoms with Crippen LogP contribution in [0.1, 0.15) is 12.8 Å². The fourth-order valence-electron chi connectivity index (χ4n) is 1.84. The van der Waals surface area contributed by atoms with Crippen LogP contribution in [0.25, 0.3) is 0 Å². The third kappa shape index (κ3) is 3.25. The van der Waals surface area contributed by atoms with E-state index in [4.69, 9.17) is 5.84 Å². The van der Waals surface area contributed by atoms with Crippen LogP contribution in [0.15, 0.2) is 0 Å². The van der Waals surface area contributed by atoms with Crippen molar-refractivity contribution < 1.29 is 4.79 Å². The molecule has 82 valence electrons. The monoisotopic (exact) mass is 200 g/mol. The molecule has 0 aromatic heterocycles. The second kappa shape index (κ2) is 5.29. The quantitative estimate of drug-likeness (QED) is 0.348. The Kier molecular flexibility index (Phi) is 4.31. The van der Waals surface area contributed by atoms with Crippen LogP contribution in [0.5, 0.6) is 0 Å².